The van der Waals surface area contributed by atoms with Crippen molar-refractivity contribution in [2.24, 2.45) is 0 Å². The Morgan fingerprint density at radius 3 is 2.64 bits per heavy atom. The van der Waals surface area contributed by atoms with E-state index >= 15 is 0 Å². The van der Waals surface area contributed by atoms with Gasteiger partial charge in [-0.25, -0.2) is 4.98 Å². The minimum Gasteiger partial charge on any atom is -0.410 e. The van der Waals surface area contributed by atoms with Crippen molar-refractivity contribution >= 4 is 35.1 Å². The zero-order valence-electron chi connectivity index (χ0n) is 7.35. The molecule has 0 aromatic carbocycles. The molecule has 0 aliphatic carbocycles. The van der Waals surface area contributed by atoms with Crippen LogP contribution in [0, 0.1) is 0 Å². The molecule has 1 amide bonds. The first-order valence-corrected chi connectivity index (χ1v) is 4.05. The predicted octanol–water partition coefficient (Wildman–Crippen LogP) is -3.45. The van der Waals surface area contributed by atoms with Gasteiger partial charge in [-0.1, -0.05) is 0 Å². The molecule has 0 aliphatic heterocycles. The molecule has 0 radical (unpaired) electrons. The fourth-order valence-electron chi connectivity index (χ4n) is 0.588. The molecule has 8 heteroatoms. The largest absolute Gasteiger partial charge is 1.00 e. The molecule has 0 aliphatic rings. The van der Waals surface area contributed by atoms with Gasteiger partial charge in [-0.05, 0) is 4.32 Å². The zero-order chi connectivity index (χ0) is 9.68. The van der Waals surface area contributed by atoms with E-state index in [1.54, 1.807) is 0 Å². The number of carbonyl (C=O) groups excluding carboxylic acids is 1. The van der Waals surface area contributed by atoms with Gasteiger partial charge in [0.1, 0.15) is 5.69 Å². The fraction of sp³-hybridized carbons (Fsp3) is 0. The summed E-state index contributed by atoms with van der Waals surface area (Å²) < 4.78 is 0.0669. The maximum atomic E-state index is 11.2. The molecular weight excluding hydrogens is 247 g/mol. The van der Waals surface area contributed by atoms with Crippen LogP contribution in [0.1, 0.15) is 10.5 Å². The molecule has 2 N–H and O–H groups in total. The third-order valence-corrected chi connectivity index (χ3v) is 1.28. The van der Waals surface area contributed by atoms with Gasteiger partial charge in [-0.3, -0.25) is 15.2 Å². The fourth-order valence-corrected chi connectivity index (χ4v) is 0.690. The standard InChI is InChI=1S/C6H6N4OS2.K/c11-5(9-10-6(12)13)4-3-7-1-2-8-4;/h1-3H,(H,9,11)(H2,10,12,13);/q;+1/p-1. The van der Waals surface area contributed by atoms with E-state index in [9.17, 15) is 4.79 Å². The predicted molar refractivity (Wildman–Crippen MR) is 52.6 cm³/mol. The van der Waals surface area contributed by atoms with Crippen LogP contribution in [0.3, 0.4) is 0 Å². The Morgan fingerprint density at radius 2 is 2.14 bits per heavy atom. The van der Waals surface area contributed by atoms with Gasteiger partial charge in [0, 0.05) is 12.4 Å². The Bertz CT molecular complexity index is 321. The van der Waals surface area contributed by atoms with E-state index in [2.05, 4.69) is 45.7 Å². The average Bonchev–Trinajstić information content (AvgIpc) is 2.15. The van der Waals surface area contributed by atoms with Crippen molar-refractivity contribution in [3.63, 3.8) is 0 Å². The van der Waals surface area contributed by atoms with E-state index in [-0.39, 0.29) is 61.4 Å². The number of carbonyl (C=O) groups is 1. The summed E-state index contributed by atoms with van der Waals surface area (Å²) in [4.78, 5) is 18.7. The Labute approximate surface area is 134 Å². The smallest absolute Gasteiger partial charge is 0.410 e. The monoisotopic (exact) mass is 252 g/mol. The molecule has 1 aromatic heterocycles. The summed E-state index contributed by atoms with van der Waals surface area (Å²) in [5.74, 6) is -0.430. The molecule has 0 bridgehead atoms. The normalized spacial score (nSPS) is 8.29. The first kappa shape index (κ1) is 14.3. The number of hydrogen-bond acceptors (Lipinski definition) is 5. The summed E-state index contributed by atoms with van der Waals surface area (Å²) in [6, 6.07) is 0. The number of amides is 1. The van der Waals surface area contributed by atoms with Crippen molar-refractivity contribution < 1.29 is 56.2 Å². The third kappa shape index (κ3) is 5.24. The molecule has 1 aromatic rings. The number of hydrazine groups is 1. The van der Waals surface area contributed by atoms with Crippen molar-refractivity contribution in [1.29, 1.82) is 0 Å². The second-order valence-electron chi connectivity index (χ2n) is 1.96. The third-order valence-electron chi connectivity index (χ3n) is 1.07. The Hall–Kier alpha value is 0.296. The maximum Gasteiger partial charge on any atom is 1.00 e. The van der Waals surface area contributed by atoms with Crippen LogP contribution in [0.25, 0.3) is 0 Å². The minimum atomic E-state index is -0.430. The van der Waals surface area contributed by atoms with Crippen molar-refractivity contribution in [3.05, 3.63) is 24.3 Å². The van der Waals surface area contributed by atoms with Crippen molar-refractivity contribution in [2.45, 2.75) is 0 Å². The number of aromatic nitrogens is 2. The van der Waals surface area contributed by atoms with E-state index in [0.717, 1.165) is 0 Å². The van der Waals surface area contributed by atoms with E-state index in [1.807, 2.05) is 0 Å². The van der Waals surface area contributed by atoms with Crippen LogP contribution in [0.15, 0.2) is 18.6 Å². The SMILES string of the molecule is O=C(NNC(=S)[S-])c1cnccn1.[K+]. The number of nitrogens with one attached hydrogen (secondary N) is 2. The van der Waals surface area contributed by atoms with Gasteiger partial charge in [0.25, 0.3) is 5.91 Å². The van der Waals surface area contributed by atoms with Gasteiger partial charge in [-0.2, -0.15) is 0 Å². The van der Waals surface area contributed by atoms with Crippen LogP contribution in [0.2, 0.25) is 0 Å². The number of rotatable bonds is 1. The number of thiocarbonyl (C=S) groups is 1. The first-order chi connectivity index (χ1) is 6.20. The molecule has 0 saturated heterocycles. The molecule has 0 unspecified atom stereocenters. The molecule has 1 heterocycles. The number of nitrogens with zero attached hydrogens (tertiary/aromatic N) is 2. The summed E-state index contributed by atoms with van der Waals surface area (Å²) >= 11 is 9.03. The summed E-state index contributed by atoms with van der Waals surface area (Å²) in [5.41, 5.74) is 4.78. The summed E-state index contributed by atoms with van der Waals surface area (Å²) in [6.07, 6.45) is 4.23. The van der Waals surface area contributed by atoms with Gasteiger partial charge in [0.2, 0.25) is 0 Å². The Morgan fingerprint density at radius 1 is 1.43 bits per heavy atom. The topological polar surface area (TPSA) is 66.9 Å². The molecule has 14 heavy (non-hydrogen) atoms. The average molecular weight is 252 g/mol. The van der Waals surface area contributed by atoms with Crippen LogP contribution in [0.5, 0.6) is 0 Å². The summed E-state index contributed by atoms with van der Waals surface area (Å²) in [5, 5.41) is 0. The Balaban J connectivity index is 0.00000169. The molecule has 5 nitrogen and oxygen atoms in total. The number of hydrogen-bond donors (Lipinski definition) is 2. The molecule has 0 atom stereocenters. The van der Waals surface area contributed by atoms with Gasteiger partial charge >= 0.3 is 51.4 Å². The first-order valence-electron chi connectivity index (χ1n) is 3.23. The van der Waals surface area contributed by atoms with Crippen LogP contribution in [-0.2, 0) is 12.6 Å². The van der Waals surface area contributed by atoms with Gasteiger partial charge < -0.3 is 30.3 Å². The van der Waals surface area contributed by atoms with Crippen molar-refractivity contribution in [3.8, 4) is 0 Å². The van der Waals surface area contributed by atoms with Crippen LogP contribution in [0.4, 0.5) is 0 Å². The molecule has 1 rings (SSSR count). The van der Waals surface area contributed by atoms with Gasteiger partial charge in [0.05, 0.1) is 6.20 Å². The quantitative estimate of drug-likeness (QED) is 0.234. The van der Waals surface area contributed by atoms with Crippen LogP contribution < -0.4 is 62.2 Å². The van der Waals surface area contributed by atoms with Gasteiger partial charge in [0.15, 0.2) is 0 Å². The second-order valence-corrected chi connectivity index (χ2v) is 3.03. The molecular formula is C6H5KN4OS2. The van der Waals surface area contributed by atoms with E-state index in [0.29, 0.717) is 0 Å². The zero-order valence-corrected chi connectivity index (χ0v) is 12.1. The van der Waals surface area contributed by atoms with Crippen LogP contribution in [-0.4, -0.2) is 20.2 Å². The maximum absolute atomic E-state index is 11.2. The second kappa shape index (κ2) is 7.57. The molecule has 0 fully saturated rings. The van der Waals surface area contributed by atoms with E-state index in [1.165, 1.54) is 18.6 Å². The summed E-state index contributed by atoms with van der Waals surface area (Å²) in [6.45, 7) is 0. The van der Waals surface area contributed by atoms with E-state index in [4.69, 9.17) is 0 Å². The molecule has 68 valence electrons. The minimum absolute atomic E-state index is 0. The molecule has 0 spiro atoms. The summed E-state index contributed by atoms with van der Waals surface area (Å²) in [7, 11) is 0. The molecule has 0 saturated carbocycles. The van der Waals surface area contributed by atoms with E-state index < -0.39 is 5.91 Å². The van der Waals surface area contributed by atoms with Crippen molar-refractivity contribution in [2.75, 3.05) is 0 Å². The van der Waals surface area contributed by atoms with Gasteiger partial charge in [-0.15, -0.1) is 0 Å². The van der Waals surface area contributed by atoms with Crippen LogP contribution >= 0.6 is 12.2 Å². The Kier molecular flexibility index (Phi) is 7.73. The van der Waals surface area contributed by atoms with Crippen molar-refractivity contribution in [1.82, 2.24) is 20.8 Å².